The van der Waals surface area contributed by atoms with Gasteiger partial charge in [-0.15, -0.1) is 0 Å². The molecule has 0 unspecified atom stereocenters. The van der Waals surface area contributed by atoms with Crippen molar-refractivity contribution in [2.24, 2.45) is 0 Å². The lowest BCUT2D eigenvalue weighted by Gasteiger charge is -2.03. The van der Waals surface area contributed by atoms with Crippen molar-refractivity contribution < 1.29 is 9.53 Å². The molecule has 1 aliphatic heterocycles. The zero-order valence-corrected chi connectivity index (χ0v) is 3.68. The van der Waals surface area contributed by atoms with Gasteiger partial charge >= 0.3 is 0 Å². The summed E-state index contributed by atoms with van der Waals surface area (Å²) in [5.74, 6) is -0.0949. The highest BCUT2D eigenvalue weighted by Crippen LogP contribution is 1.81. The highest BCUT2D eigenvalue weighted by atomic mass is 16.5. The zero-order valence-electron chi connectivity index (χ0n) is 3.68. The molecule has 0 saturated carbocycles. The summed E-state index contributed by atoms with van der Waals surface area (Å²) in [5, 5.41) is 2.44. The van der Waals surface area contributed by atoms with Crippen LogP contribution in [0.2, 0.25) is 0 Å². The van der Waals surface area contributed by atoms with Gasteiger partial charge in [-0.25, -0.2) is 0 Å². The second kappa shape index (κ2) is 1.64. The second-order valence-corrected chi connectivity index (χ2v) is 1.18. The van der Waals surface area contributed by atoms with E-state index in [4.69, 9.17) is 0 Å². The van der Waals surface area contributed by atoms with Crippen LogP contribution in [0.15, 0.2) is 12.5 Å². The molecule has 3 nitrogen and oxygen atoms in total. The van der Waals surface area contributed by atoms with E-state index in [0.29, 0.717) is 0 Å². The van der Waals surface area contributed by atoms with E-state index in [9.17, 15) is 4.79 Å². The highest BCUT2D eigenvalue weighted by Gasteiger charge is 1.99. The maximum absolute atomic E-state index is 10.2. The number of nitrogens with one attached hydrogen (secondary N) is 1. The Hall–Kier alpha value is -0.990. The lowest BCUT2D eigenvalue weighted by molar-refractivity contribution is -0.124. The smallest absolute Gasteiger partial charge is 0.261 e. The number of rotatable bonds is 0. The highest BCUT2D eigenvalue weighted by molar-refractivity contribution is 5.78. The molecule has 0 atom stereocenters. The van der Waals surface area contributed by atoms with Crippen molar-refractivity contribution in [1.82, 2.24) is 5.32 Å². The molecule has 0 bridgehead atoms. The largest absolute Gasteiger partial charge is 0.490 e. The van der Waals surface area contributed by atoms with Gasteiger partial charge in [-0.05, 0) is 0 Å². The average Bonchev–Trinajstić information content (AvgIpc) is 1.69. The number of carbonyl (C=O) groups is 1. The van der Waals surface area contributed by atoms with Crippen molar-refractivity contribution in [3.63, 3.8) is 0 Å². The van der Waals surface area contributed by atoms with E-state index < -0.39 is 0 Å². The van der Waals surface area contributed by atoms with Crippen LogP contribution in [0.5, 0.6) is 0 Å². The Morgan fingerprint density at radius 2 is 2.71 bits per heavy atom. The van der Waals surface area contributed by atoms with Crippen molar-refractivity contribution in [3.05, 3.63) is 12.5 Å². The summed E-state index contributed by atoms with van der Waals surface area (Å²) in [6.45, 7) is 0.149. The third kappa shape index (κ3) is 0.924. The van der Waals surface area contributed by atoms with Gasteiger partial charge in [0.15, 0.2) is 6.61 Å². The molecule has 1 N–H and O–H groups in total. The van der Waals surface area contributed by atoms with Crippen LogP contribution >= 0.6 is 0 Å². The molecule has 38 valence electrons. The van der Waals surface area contributed by atoms with Gasteiger partial charge in [0.1, 0.15) is 0 Å². The molecule has 7 heavy (non-hydrogen) atoms. The monoisotopic (exact) mass is 99.0 g/mol. The fourth-order valence-corrected chi connectivity index (χ4v) is 0.341. The molecule has 0 spiro atoms. The van der Waals surface area contributed by atoms with E-state index in [-0.39, 0.29) is 12.5 Å². The fraction of sp³-hybridized carbons (Fsp3) is 0.250. The van der Waals surface area contributed by atoms with Crippen molar-refractivity contribution in [2.75, 3.05) is 6.61 Å². The van der Waals surface area contributed by atoms with Gasteiger partial charge in [0.2, 0.25) is 0 Å². The maximum Gasteiger partial charge on any atom is 0.261 e. The first-order valence-electron chi connectivity index (χ1n) is 1.95. The molecule has 0 fully saturated rings. The van der Waals surface area contributed by atoms with Crippen LogP contribution in [0, 0.1) is 0 Å². The Bertz CT molecular complexity index is 108. The predicted octanol–water partition coefficient (Wildman–Crippen LogP) is -0.396. The molecule has 0 aromatic heterocycles. The van der Waals surface area contributed by atoms with E-state index in [0.717, 1.165) is 0 Å². The van der Waals surface area contributed by atoms with Crippen molar-refractivity contribution in [3.8, 4) is 0 Å². The molecule has 0 aromatic carbocycles. The molecular formula is C4H5NO2. The summed E-state index contributed by atoms with van der Waals surface area (Å²) in [4.78, 5) is 10.2. The zero-order chi connectivity index (χ0) is 5.11. The Kier molecular flexibility index (Phi) is 0.978. The van der Waals surface area contributed by atoms with Gasteiger partial charge in [0.25, 0.3) is 5.91 Å². The second-order valence-electron chi connectivity index (χ2n) is 1.18. The van der Waals surface area contributed by atoms with Crippen LogP contribution in [0.1, 0.15) is 0 Å². The maximum atomic E-state index is 10.2. The van der Waals surface area contributed by atoms with Crippen molar-refractivity contribution >= 4 is 5.91 Å². The molecule has 1 amide bonds. The van der Waals surface area contributed by atoms with Gasteiger partial charge in [0.05, 0.1) is 6.26 Å². The van der Waals surface area contributed by atoms with E-state index in [1.807, 2.05) is 0 Å². The van der Waals surface area contributed by atoms with Gasteiger partial charge in [-0.3, -0.25) is 4.79 Å². The van der Waals surface area contributed by atoms with Crippen LogP contribution in [0.4, 0.5) is 0 Å². The minimum atomic E-state index is -0.0949. The molecule has 1 heterocycles. The lowest BCUT2D eigenvalue weighted by Crippen LogP contribution is -2.24. The molecular weight excluding hydrogens is 94.0 g/mol. The Morgan fingerprint density at radius 3 is 3.00 bits per heavy atom. The number of carbonyl (C=O) groups excluding carboxylic acids is 1. The van der Waals surface area contributed by atoms with Crippen LogP contribution in [0.3, 0.4) is 0 Å². The molecule has 1 rings (SSSR count). The molecule has 0 radical (unpaired) electrons. The molecule has 0 aromatic rings. The minimum absolute atomic E-state index is 0.0949. The normalized spacial score (nSPS) is 18.0. The van der Waals surface area contributed by atoms with Crippen LogP contribution in [-0.2, 0) is 9.53 Å². The standard InChI is InChI=1S/C4H5NO2/c6-4-3-7-2-1-5-4/h1-2H,3H2,(H,5,6). The van der Waals surface area contributed by atoms with Crippen molar-refractivity contribution in [1.29, 1.82) is 0 Å². The summed E-state index contributed by atoms with van der Waals surface area (Å²) in [7, 11) is 0. The average molecular weight is 99.1 g/mol. The van der Waals surface area contributed by atoms with E-state index in [2.05, 4.69) is 10.1 Å². The van der Waals surface area contributed by atoms with E-state index in [1.165, 1.54) is 12.5 Å². The van der Waals surface area contributed by atoms with Gasteiger partial charge in [-0.2, -0.15) is 0 Å². The fourth-order valence-electron chi connectivity index (χ4n) is 0.341. The molecule has 0 saturated heterocycles. The van der Waals surface area contributed by atoms with Gasteiger partial charge < -0.3 is 10.1 Å². The topological polar surface area (TPSA) is 38.3 Å². The van der Waals surface area contributed by atoms with Crippen LogP contribution < -0.4 is 5.32 Å². The summed E-state index contributed by atoms with van der Waals surface area (Å²) >= 11 is 0. The van der Waals surface area contributed by atoms with Gasteiger partial charge in [-0.1, -0.05) is 0 Å². The van der Waals surface area contributed by atoms with E-state index >= 15 is 0 Å². The van der Waals surface area contributed by atoms with Crippen LogP contribution in [0.25, 0.3) is 0 Å². The number of ether oxygens (including phenoxy) is 1. The number of amides is 1. The first-order chi connectivity index (χ1) is 3.39. The Balaban J connectivity index is 2.47. The summed E-state index contributed by atoms with van der Waals surface area (Å²) < 4.78 is 4.59. The Morgan fingerprint density at radius 1 is 1.86 bits per heavy atom. The van der Waals surface area contributed by atoms with E-state index in [1.54, 1.807) is 0 Å². The Labute approximate surface area is 41.0 Å². The van der Waals surface area contributed by atoms with Crippen molar-refractivity contribution in [2.45, 2.75) is 0 Å². The first-order valence-corrected chi connectivity index (χ1v) is 1.95. The predicted molar refractivity (Wildman–Crippen MR) is 23.2 cm³/mol. The molecule has 1 aliphatic rings. The van der Waals surface area contributed by atoms with Crippen LogP contribution in [-0.4, -0.2) is 12.5 Å². The summed E-state index contributed by atoms with van der Waals surface area (Å²) in [6, 6.07) is 0. The first kappa shape index (κ1) is 4.18. The third-order valence-electron chi connectivity index (χ3n) is 0.623. The quantitative estimate of drug-likeness (QED) is 0.449. The summed E-state index contributed by atoms with van der Waals surface area (Å²) in [6.07, 6.45) is 2.91. The SMILES string of the molecule is O=C1COC=CN1. The minimum Gasteiger partial charge on any atom is -0.490 e. The molecule has 3 heteroatoms. The third-order valence-corrected chi connectivity index (χ3v) is 0.623. The van der Waals surface area contributed by atoms with Gasteiger partial charge in [0, 0.05) is 6.20 Å². The number of hydrogen-bond donors (Lipinski definition) is 1. The lowest BCUT2D eigenvalue weighted by atomic mass is 10.6. The molecule has 0 aliphatic carbocycles. The summed E-state index contributed by atoms with van der Waals surface area (Å²) in [5.41, 5.74) is 0. The number of hydrogen-bond acceptors (Lipinski definition) is 2.